The van der Waals surface area contributed by atoms with E-state index < -0.39 is 17.4 Å². The molecule has 12 heteroatoms. The van der Waals surface area contributed by atoms with Gasteiger partial charge in [0.2, 0.25) is 10.0 Å². The molecule has 250 valence electrons. The van der Waals surface area contributed by atoms with E-state index >= 15 is 0 Å². The Kier molecular flexibility index (Phi) is 7.73. The zero-order valence-electron chi connectivity index (χ0n) is 28.2. The maximum absolute atomic E-state index is 14.2. The second-order valence-electron chi connectivity index (χ2n) is 12.9. The summed E-state index contributed by atoms with van der Waals surface area (Å²) in [4.78, 5) is 65.6. The summed E-state index contributed by atoms with van der Waals surface area (Å²) in [5, 5.41) is 9.69. The first-order valence-corrected chi connectivity index (χ1v) is 16.6. The van der Waals surface area contributed by atoms with Crippen molar-refractivity contribution in [3.8, 4) is 22.4 Å². The predicted molar refractivity (Wildman–Crippen MR) is 191 cm³/mol. The SMILES string of the molecule is Cc1nccc(-c2cccc(C(=O)N=[N+]=NCCN3CN(C4(C)C(=O)C(C)C=c5c4ccc4c5=CC(=O)c5ccccc5-4)c4ncncc43)c2)n1. The van der Waals surface area contributed by atoms with Gasteiger partial charge in [0.25, 0.3) is 0 Å². The summed E-state index contributed by atoms with van der Waals surface area (Å²) in [6.45, 7) is 6.62. The van der Waals surface area contributed by atoms with E-state index in [4.69, 9.17) is 0 Å². The standard InChI is InChI=1S/C39H32N9O3/c1-23-17-31-30-19-35(49)29-10-5-4-9-27(29)28(30)11-12-32(31)39(3,36(23)50)48-22-47(34-20-40-21-42-37(34)48)16-15-43-46-45-38(51)26-8-6-7-25(18-26)33-13-14-41-24(2)44-33/h4-14,17-21,23H,15-16,22H2,1-3H3/q+1. The number of aryl methyl sites for hydroxylation is 1. The lowest BCUT2D eigenvalue weighted by Gasteiger charge is -2.42. The van der Waals surface area contributed by atoms with Crippen LogP contribution in [0.3, 0.4) is 0 Å². The number of carbonyl (C=O) groups excluding carboxylic acids is 3. The second-order valence-corrected chi connectivity index (χ2v) is 12.9. The average molecular weight is 675 g/mol. The maximum Gasteiger partial charge on any atom is 0.360 e. The smallest absolute Gasteiger partial charge is 0.347 e. The topological polar surface area (TPSA) is 148 Å². The fourth-order valence-electron chi connectivity index (χ4n) is 7.33. The Morgan fingerprint density at radius 1 is 1.00 bits per heavy atom. The number of carbonyl (C=O) groups is 3. The van der Waals surface area contributed by atoms with Gasteiger partial charge in [-0.1, -0.05) is 61.5 Å². The average Bonchev–Trinajstić information content (AvgIpc) is 3.53. The highest BCUT2D eigenvalue weighted by molar-refractivity contribution is 6.22. The van der Waals surface area contributed by atoms with Crippen LogP contribution in [-0.4, -0.2) is 57.2 Å². The van der Waals surface area contributed by atoms with Crippen molar-refractivity contribution in [2.75, 3.05) is 29.6 Å². The number of nitrogens with zero attached hydrogens (tertiary/aromatic N) is 9. The Bertz CT molecular complexity index is 2490. The van der Waals surface area contributed by atoms with E-state index in [9.17, 15) is 14.4 Å². The third-order valence-electron chi connectivity index (χ3n) is 9.85. The summed E-state index contributed by atoms with van der Waals surface area (Å²) in [5.41, 5.74) is 4.86. The van der Waals surface area contributed by atoms with E-state index in [1.807, 2.05) is 79.1 Å². The summed E-state index contributed by atoms with van der Waals surface area (Å²) in [6, 6.07) is 20.4. The highest BCUT2D eigenvalue weighted by Gasteiger charge is 2.49. The quantitative estimate of drug-likeness (QED) is 0.191. The van der Waals surface area contributed by atoms with Gasteiger partial charge in [-0.3, -0.25) is 14.4 Å². The molecule has 0 saturated carbocycles. The summed E-state index contributed by atoms with van der Waals surface area (Å²) in [5.74, 6) is 0.310. The normalized spacial score (nSPS) is 18.4. The lowest BCUT2D eigenvalue weighted by atomic mass is 9.73. The molecule has 2 unspecified atom stereocenters. The number of Topliss-reactive ketones (excluding diaryl/α,β-unsaturated/α-hetero) is 2. The minimum absolute atomic E-state index is 0.0276. The van der Waals surface area contributed by atoms with E-state index in [0.717, 1.165) is 38.4 Å². The van der Waals surface area contributed by atoms with Crippen LogP contribution in [0.5, 0.6) is 0 Å². The summed E-state index contributed by atoms with van der Waals surface area (Å²) in [7, 11) is 0. The molecule has 3 aliphatic rings. The summed E-state index contributed by atoms with van der Waals surface area (Å²) in [6.07, 6.45) is 8.54. The van der Waals surface area contributed by atoms with E-state index in [0.29, 0.717) is 41.7 Å². The molecule has 0 saturated heterocycles. The van der Waals surface area contributed by atoms with Gasteiger partial charge in [-0.2, -0.15) is 0 Å². The monoisotopic (exact) mass is 674 g/mol. The number of aromatic nitrogens is 4. The number of fused-ring (bicyclic) bond motifs is 6. The van der Waals surface area contributed by atoms with Gasteiger partial charge in [0.15, 0.2) is 17.4 Å². The third kappa shape index (κ3) is 5.33. The van der Waals surface area contributed by atoms with Crippen molar-refractivity contribution in [1.82, 2.24) is 24.8 Å². The number of rotatable bonds is 6. The van der Waals surface area contributed by atoms with Crippen LogP contribution in [0, 0.1) is 12.8 Å². The largest absolute Gasteiger partial charge is 0.360 e. The number of benzene rings is 3. The number of hydrogen-bond donors (Lipinski definition) is 0. The van der Waals surface area contributed by atoms with Gasteiger partial charge in [-0.15, -0.1) is 0 Å². The zero-order chi connectivity index (χ0) is 35.3. The molecule has 51 heavy (non-hydrogen) atoms. The lowest BCUT2D eigenvalue weighted by molar-refractivity contribution is -0.126. The van der Waals surface area contributed by atoms with Gasteiger partial charge in [0, 0.05) is 35.3 Å². The van der Waals surface area contributed by atoms with Gasteiger partial charge in [-0.05, 0) is 65.3 Å². The fourth-order valence-corrected chi connectivity index (χ4v) is 7.33. The molecule has 1 amide bonds. The fraction of sp³-hybridized carbons (Fsp3) is 0.205. The van der Waals surface area contributed by atoms with Crippen molar-refractivity contribution < 1.29 is 14.4 Å². The Labute approximate surface area is 292 Å². The van der Waals surface area contributed by atoms with Gasteiger partial charge in [0.05, 0.1) is 18.6 Å². The van der Waals surface area contributed by atoms with Crippen LogP contribution in [0.25, 0.3) is 34.5 Å². The molecule has 2 aliphatic carbocycles. The van der Waals surface area contributed by atoms with Gasteiger partial charge in [0.1, 0.15) is 35.0 Å². The molecule has 0 fully saturated rings. The highest BCUT2D eigenvalue weighted by Crippen LogP contribution is 2.43. The van der Waals surface area contributed by atoms with Gasteiger partial charge in [-0.25, -0.2) is 19.9 Å². The summed E-state index contributed by atoms with van der Waals surface area (Å²) >= 11 is 0. The Morgan fingerprint density at radius 3 is 2.69 bits per heavy atom. The van der Waals surface area contributed by atoms with Gasteiger partial charge >= 0.3 is 5.91 Å². The molecule has 8 rings (SSSR count). The maximum atomic E-state index is 14.2. The van der Waals surface area contributed by atoms with Crippen molar-refractivity contribution in [2.24, 2.45) is 16.1 Å². The molecule has 1 aliphatic heterocycles. The Hall–Kier alpha value is -6.52. The molecule has 12 nitrogen and oxygen atoms in total. The minimum Gasteiger partial charge on any atom is -0.347 e. The molecule has 3 aromatic carbocycles. The first-order chi connectivity index (χ1) is 24.7. The van der Waals surface area contributed by atoms with E-state index in [1.165, 1.54) is 6.33 Å². The lowest BCUT2D eigenvalue weighted by Crippen LogP contribution is -2.59. The highest BCUT2D eigenvalue weighted by atomic mass is 16.2. The molecule has 2 atom stereocenters. The van der Waals surface area contributed by atoms with Crippen LogP contribution in [-0.2, 0) is 10.3 Å². The van der Waals surface area contributed by atoms with E-state index in [-0.39, 0.29) is 18.1 Å². The number of hydrogen-bond acceptors (Lipinski definition) is 10. The van der Waals surface area contributed by atoms with E-state index in [1.54, 1.807) is 42.7 Å². The first kappa shape index (κ1) is 31.7. The van der Waals surface area contributed by atoms with Crippen molar-refractivity contribution >= 4 is 41.1 Å². The molecule has 0 spiro atoms. The van der Waals surface area contributed by atoms with Crippen LogP contribution in [0.4, 0.5) is 11.5 Å². The zero-order valence-corrected chi connectivity index (χ0v) is 28.2. The first-order valence-electron chi connectivity index (χ1n) is 16.6. The molecule has 5 aromatic rings. The Morgan fingerprint density at radius 2 is 1.84 bits per heavy atom. The van der Waals surface area contributed by atoms with Crippen LogP contribution in [0.2, 0.25) is 0 Å². The number of anilines is 2. The molecule has 3 heterocycles. The van der Waals surface area contributed by atoms with Gasteiger partial charge < -0.3 is 9.80 Å². The number of ketones is 2. The third-order valence-corrected chi connectivity index (χ3v) is 9.85. The van der Waals surface area contributed by atoms with Crippen molar-refractivity contribution in [2.45, 2.75) is 26.3 Å². The molecular formula is C39H32N9O3+. The molecular weight excluding hydrogens is 642 g/mol. The van der Waals surface area contributed by atoms with E-state index in [2.05, 4.69) is 35.1 Å². The minimum atomic E-state index is -1.09. The van der Waals surface area contributed by atoms with Crippen LogP contribution in [0.15, 0.2) is 95.7 Å². The molecule has 0 bridgehead atoms. The summed E-state index contributed by atoms with van der Waals surface area (Å²) < 4.78 is 0. The van der Waals surface area contributed by atoms with Crippen molar-refractivity contribution in [3.63, 3.8) is 0 Å². The second kappa shape index (κ2) is 12.4. The van der Waals surface area contributed by atoms with Crippen LogP contribution >= 0.6 is 0 Å². The molecule has 2 aromatic heterocycles. The number of amides is 1. The van der Waals surface area contributed by atoms with Crippen molar-refractivity contribution in [3.05, 3.63) is 118 Å². The van der Waals surface area contributed by atoms with Crippen LogP contribution in [0.1, 0.15) is 46.0 Å². The molecule has 0 N–H and O–H groups in total. The van der Waals surface area contributed by atoms with Crippen LogP contribution < -0.4 is 25.1 Å². The van der Waals surface area contributed by atoms with Crippen molar-refractivity contribution in [1.29, 1.82) is 0 Å². The molecule has 0 radical (unpaired) electrons. The Balaban J connectivity index is 1.05. The predicted octanol–water partition coefficient (Wildman–Crippen LogP) is 4.20.